The quantitative estimate of drug-likeness (QED) is 0.0323. The largest absolute Gasteiger partial charge is 0.463 e. The van der Waals surface area contributed by atoms with E-state index in [1.165, 1.54) is 32.1 Å². The van der Waals surface area contributed by atoms with Crippen LogP contribution in [0.4, 0.5) is 0 Å². The molecule has 6 heteroatoms. The van der Waals surface area contributed by atoms with Crippen LogP contribution >= 0.6 is 0 Å². The average Bonchev–Trinajstić information content (AvgIpc) is 2.96. The highest BCUT2D eigenvalue weighted by molar-refractivity contribution is 5.89. The molecule has 0 rings (SSSR count). The van der Waals surface area contributed by atoms with Gasteiger partial charge in [-0.2, -0.15) is 0 Å². The van der Waals surface area contributed by atoms with Gasteiger partial charge in [0.15, 0.2) is 5.78 Å². The molecule has 0 aromatic carbocycles. The average molecular weight is 589 g/mol. The highest BCUT2D eigenvalue weighted by atomic mass is 16.6. The van der Waals surface area contributed by atoms with Gasteiger partial charge >= 0.3 is 11.9 Å². The van der Waals surface area contributed by atoms with Gasteiger partial charge in [-0.05, 0) is 50.5 Å². The fraction of sp³-hybridized carbons (Fsp3) is 0.694. The Morgan fingerprint density at radius 2 is 1.19 bits per heavy atom. The maximum atomic E-state index is 11.9. The number of ketones is 1. The SMILES string of the molecule is CCCCCC(=O)/C=C/C=C\C/C=C\C/C=C\CCCC(=O)OC[C@H](O)COC(=O)CCCCCCCCCC(C)C. The molecule has 0 amide bonds. The van der Waals surface area contributed by atoms with Gasteiger partial charge < -0.3 is 14.6 Å². The van der Waals surface area contributed by atoms with Crippen LogP contribution < -0.4 is 0 Å². The highest BCUT2D eigenvalue weighted by Gasteiger charge is 2.12. The summed E-state index contributed by atoms with van der Waals surface area (Å²) in [6, 6.07) is 0. The van der Waals surface area contributed by atoms with Crippen molar-refractivity contribution in [3.8, 4) is 0 Å². The second kappa shape index (κ2) is 30.0. The number of unbranched alkanes of at least 4 members (excludes halogenated alkanes) is 9. The predicted molar refractivity (Wildman–Crippen MR) is 173 cm³/mol. The number of hydrogen-bond acceptors (Lipinski definition) is 6. The van der Waals surface area contributed by atoms with Gasteiger partial charge in [-0.1, -0.05) is 121 Å². The molecule has 0 spiro atoms. The van der Waals surface area contributed by atoms with Gasteiger partial charge in [-0.25, -0.2) is 0 Å². The van der Waals surface area contributed by atoms with Crippen molar-refractivity contribution >= 4 is 17.7 Å². The standard InChI is InChI=1S/C36H60O6/c1-4-5-20-26-33(37)27-22-17-13-9-7-6-8-10-14-18-23-28-35(39)41-30-34(38)31-42-36(40)29-24-19-15-11-12-16-21-25-32(2)3/h6-7,10,13-14,17,22,27,32,34,38H,4-5,8-9,11-12,15-16,18-21,23-26,28-31H2,1-3H3/b7-6-,14-10-,17-13-,27-22+/t34-/m0/s1. The Morgan fingerprint density at radius 3 is 1.83 bits per heavy atom. The summed E-state index contributed by atoms with van der Waals surface area (Å²) in [5, 5.41) is 9.93. The van der Waals surface area contributed by atoms with Crippen molar-refractivity contribution in [1.82, 2.24) is 0 Å². The number of carbonyl (C=O) groups excluding carboxylic acids is 3. The molecule has 0 aliphatic heterocycles. The Morgan fingerprint density at radius 1 is 0.643 bits per heavy atom. The first-order chi connectivity index (χ1) is 20.3. The number of ether oxygens (including phenoxy) is 2. The number of carbonyl (C=O) groups is 3. The normalized spacial score (nSPS) is 12.8. The summed E-state index contributed by atoms with van der Waals surface area (Å²) >= 11 is 0. The number of esters is 2. The molecule has 6 nitrogen and oxygen atoms in total. The molecule has 0 aromatic heterocycles. The van der Waals surface area contributed by atoms with Gasteiger partial charge in [0, 0.05) is 19.3 Å². The minimum Gasteiger partial charge on any atom is -0.463 e. The number of rotatable bonds is 28. The lowest BCUT2D eigenvalue weighted by atomic mass is 10.0. The zero-order valence-corrected chi connectivity index (χ0v) is 26.9. The molecule has 0 fully saturated rings. The summed E-state index contributed by atoms with van der Waals surface area (Å²) in [6.07, 6.45) is 31.6. The van der Waals surface area contributed by atoms with Crippen molar-refractivity contribution in [1.29, 1.82) is 0 Å². The van der Waals surface area contributed by atoms with Crippen LogP contribution in [0.5, 0.6) is 0 Å². The van der Waals surface area contributed by atoms with E-state index in [1.54, 1.807) is 6.08 Å². The van der Waals surface area contributed by atoms with Crippen LogP contribution in [0, 0.1) is 5.92 Å². The Labute approximate surface area is 256 Å². The maximum Gasteiger partial charge on any atom is 0.305 e. The van der Waals surface area contributed by atoms with E-state index in [-0.39, 0.29) is 37.4 Å². The minimum atomic E-state index is -1.00. The molecular formula is C36H60O6. The lowest BCUT2D eigenvalue weighted by Gasteiger charge is -2.12. The lowest BCUT2D eigenvalue weighted by molar-refractivity contribution is -0.152. The minimum absolute atomic E-state index is 0.149. The molecule has 0 unspecified atom stereocenters. The first kappa shape index (κ1) is 39.5. The topological polar surface area (TPSA) is 89.9 Å². The van der Waals surface area contributed by atoms with E-state index in [4.69, 9.17) is 9.47 Å². The van der Waals surface area contributed by atoms with Crippen LogP contribution in [0.25, 0.3) is 0 Å². The van der Waals surface area contributed by atoms with E-state index in [2.05, 4.69) is 39.0 Å². The fourth-order valence-electron chi connectivity index (χ4n) is 4.16. The van der Waals surface area contributed by atoms with E-state index >= 15 is 0 Å². The Hall–Kier alpha value is -2.47. The predicted octanol–water partition coefficient (Wildman–Crippen LogP) is 8.93. The zero-order valence-electron chi connectivity index (χ0n) is 26.9. The van der Waals surface area contributed by atoms with Gasteiger partial charge in [-0.3, -0.25) is 14.4 Å². The van der Waals surface area contributed by atoms with Crippen molar-refractivity contribution < 1.29 is 29.0 Å². The number of allylic oxidation sites excluding steroid dienone is 8. The van der Waals surface area contributed by atoms with Gasteiger partial charge in [0.2, 0.25) is 0 Å². The van der Waals surface area contributed by atoms with Gasteiger partial charge in [0.05, 0.1) is 0 Å². The number of hydrogen-bond donors (Lipinski definition) is 1. The zero-order chi connectivity index (χ0) is 31.1. The molecule has 0 saturated carbocycles. The Balaban J connectivity index is 3.66. The molecule has 0 radical (unpaired) electrons. The van der Waals surface area contributed by atoms with Gasteiger partial charge in [-0.15, -0.1) is 0 Å². The third kappa shape index (κ3) is 30.5. The molecule has 0 aromatic rings. The van der Waals surface area contributed by atoms with Crippen molar-refractivity contribution in [2.75, 3.05) is 13.2 Å². The third-order valence-corrected chi connectivity index (χ3v) is 6.72. The second-order valence-corrected chi connectivity index (χ2v) is 11.4. The van der Waals surface area contributed by atoms with Crippen LogP contribution in [-0.4, -0.2) is 42.1 Å². The summed E-state index contributed by atoms with van der Waals surface area (Å²) in [6.45, 7) is 6.34. The molecule has 1 atom stereocenters. The molecule has 42 heavy (non-hydrogen) atoms. The molecule has 0 saturated heterocycles. The summed E-state index contributed by atoms with van der Waals surface area (Å²) in [4.78, 5) is 35.3. The van der Waals surface area contributed by atoms with Crippen molar-refractivity contribution in [2.24, 2.45) is 5.92 Å². The first-order valence-corrected chi connectivity index (χ1v) is 16.5. The van der Waals surface area contributed by atoms with Crippen LogP contribution in [0.1, 0.15) is 136 Å². The molecular weight excluding hydrogens is 528 g/mol. The van der Waals surface area contributed by atoms with Gasteiger partial charge in [0.25, 0.3) is 0 Å². The smallest absolute Gasteiger partial charge is 0.305 e. The molecule has 240 valence electrons. The number of aliphatic hydroxyl groups excluding tert-OH is 1. The summed E-state index contributed by atoms with van der Waals surface area (Å²) in [5.74, 6) is 0.300. The lowest BCUT2D eigenvalue weighted by Crippen LogP contribution is -2.25. The first-order valence-electron chi connectivity index (χ1n) is 16.5. The monoisotopic (exact) mass is 588 g/mol. The van der Waals surface area contributed by atoms with E-state index in [1.807, 2.05) is 24.3 Å². The molecule has 0 heterocycles. The summed E-state index contributed by atoms with van der Waals surface area (Å²) in [5.41, 5.74) is 0. The van der Waals surface area contributed by atoms with Gasteiger partial charge in [0.1, 0.15) is 19.3 Å². The maximum absolute atomic E-state index is 11.9. The van der Waals surface area contributed by atoms with Crippen LogP contribution in [0.3, 0.4) is 0 Å². The molecule has 1 N–H and O–H groups in total. The van der Waals surface area contributed by atoms with E-state index < -0.39 is 6.10 Å². The van der Waals surface area contributed by atoms with E-state index in [0.717, 1.165) is 63.7 Å². The Bertz CT molecular complexity index is 793. The molecule has 0 aliphatic rings. The fourth-order valence-corrected chi connectivity index (χ4v) is 4.16. The molecule has 0 aliphatic carbocycles. The third-order valence-electron chi connectivity index (χ3n) is 6.72. The van der Waals surface area contributed by atoms with Crippen LogP contribution in [0.15, 0.2) is 48.6 Å². The van der Waals surface area contributed by atoms with E-state index in [0.29, 0.717) is 19.3 Å². The van der Waals surface area contributed by atoms with Crippen molar-refractivity contribution in [3.63, 3.8) is 0 Å². The Kier molecular flexibility index (Phi) is 28.2. The second-order valence-electron chi connectivity index (χ2n) is 11.4. The van der Waals surface area contributed by atoms with Crippen molar-refractivity contribution in [3.05, 3.63) is 48.6 Å². The molecule has 0 bridgehead atoms. The summed E-state index contributed by atoms with van der Waals surface area (Å²) < 4.78 is 10.2. The summed E-state index contributed by atoms with van der Waals surface area (Å²) in [7, 11) is 0. The van der Waals surface area contributed by atoms with Crippen LogP contribution in [-0.2, 0) is 23.9 Å². The van der Waals surface area contributed by atoms with Crippen molar-refractivity contribution in [2.45, 2.75) is 142 Å². The van der Waals surface area contributed by atoms with Crippen LogP contribution in [0.2, 0.25) is 0 Å². The van der Waals surface area contributed by atoms with E-state index in [9.17, 15) is 19.5 Å². The number of aliphatic hydroxyl groups is 1. The highest BCUT2D eigenvalue weighted by Crippen LogP contribution is 2.13.